The van der Waals surface area contributed by atoms with Gasteiger partial charge in [-0.25, -0.2) is 15.0 Å². The molecule has 2 N–H and O–H groups in total. The molecule has 0 radical (unpaired) electrons. The Morgan fingerprint density at radius 1 is 1.03 bits per heavy atom. The van der Waals surface area contributed by atoms with Gasteiger partial charge >= 0.3 is 0 Å². The lowest BCUT2D eigenvalue weighted by molar-refractivity contribution is -0.120. The van der Waals surface area contributed by atoms with E-state index in [9.17, 15) is 4.79 Å². The number of morpholine rings is 1. The Balaban J connectivity index is 1.08. The average Bonchev–Trinajstić information content (AvgIpc) is 3.38. The normalized spacial score (nSPS) is 22.4. The van der Waals surface area contributed by atoms with E-state index in [2.05, 4.69) is 31.2 Å². The lowest BCUT2D eigenvalue weighted by Gasteiger charge is -2.42. The molecule has 3 aromatic rings. The average molecular weight is 531 g/mol. The molecule has 6 heterocycles. The second-order valence-corrected chi connectivity index (χ2v) is 11.7. The summed E-state index contributed by atoms with van der Waals surface area (Å²) in [5, 5.41) is 3.32. The Morgan fingerprint density at radius 3 is 2.56 bits per heavy atom. The van der Waals surface area contributed by atoms with Crippen LogP contribution >= 0.6 is 0 Å². The molecule has 10 heteroatoms. The quantitative estimate of drug-likeness (QED) is 0.523. The van der Waals surface area contributed by atoms with E-state index in [-0.39, 0.29) is 11.3 Å². The number of hydrogen-bond donors (Lipinski definition) is 2. The van der Waals surface area contributed by atoms with E-state index in [1.54, 1.807) is 4.90 Å². The largest absolute Gasteiger partial charge is 0.379 e. The van der Waals surface area contributed by atoms with E-state index in [0.717, 1.165) is 93.4 Å². The summed E-state index contributed by atoms with van der Waals surface area (Å²) in [6.45, 7) is 5.93. The molecule has 0 unspecified atom stereocenters. The van der Waals surface area contributed by atoms with Gasteiger partial charge in [-0.15, -0.1) is 0 Å². The van der Waals surface area contributed by atoms with Gasteiger partial charge in [0.2, 0.25) is 11.9 Å². The fourth-order valence-corrected chi connectivity index (χ4v) is 7.25. The number of anilines is 4. The highest BCUT2D eigenvalue weighted by atomic mass is 16.5. The lowest BCUT2D eigenvalue weighted by atomic mass is 9.66. The van der Waals surface area contributed by atoms with Gasteiger partial charge in [0.25, 0.3) is 0 Å². The van der Waals surface area contributed by atoms with E-state index in [0.29, 0.717) is 18.4 Å². The molecule has 1 spiro atoms. The minimum atomic E-state index is -0.129. The second kappa shape index (κ2) is 10.1. The number of nitrogens with one attached hydrogen (secondary N) is 2. The van der Waals surface area contributed by atoms with Crippen molar-refractivity contribution in [3.63, 3.8) is 0 Å². The van der Waals surface area contributed by atoms with Crippen LogP contribution in [0, 0.1) is 0 Å². The predicted octanol–water partition coefficient (Wildman–Crippen LogP) is 3.97. The Bertz CT molecular complexity index is 1340. The first-order chi connectivity index (χ1) is 19.1. The zero-order valence-electron chi connectivity index (χ0n) is 22.8. The molecule has 0 aromatic carbocycles. The third kappa shape index (κ3) is 4.53. The number of rotatable bonds is 4. The van der Waals surface area contributed by atoms with Gasteiger partial charge in [0, 0.05) is 56.7 Å². The van der Waals surface area contributed by atoms with Crippen molar-refractivity contribution in [3.8, 4) is 0 Å². The van der Waals surface area contributed by atoms with Crippen LogP contribution in [0.5, 0.6) is 0 Å². The number of carbonyl (C=O) groups is 1. The molecular formula is C29H38N8O2. The Morgan fingerprint density at radius 2 is 1.82 bits per heavy atom. The maximum Gasteiger partial charge on any atom is 0.229 e. The standard InChI is InChI=1S/C29H38N8O2/c1-35-24(38)17-29(9-3-2-4-10-29)25-26-22(32-27(25)35)19-31-28(34-26)33-23-6-5-21(18-30-23)36-11-7-20(8-12-36)37-13-15-39-16-14-37/h5-6,18-20,32H,2-4,7-17H2,1H3,(H,30,31,33,34). The molecule has 1 amide bonds. The van der Waals surface area contributed by atoms with Gasteiger partial charge in [-0.1, -0.05) is 19.3 Å². The number of aromatic nitrogens is 4. The summed E-state index contributed by atoms with van der Waals surface area (Å²) in [5.41, 5.74) is 4.01. The maximum absolute atomic E-state index is 12.9. The molecule has 10 nitrogen and oxygen atoms in total. The summed E-state index contributed by atoms with van der Waals surface area (Å²) < 4.78 is 5.52. The summed E-state index contributed by atoms with van der Waals surface area (Å²) in [6, 6.07) is 4.81. The van der Waals surface area contributed by atoms with E-state index in [4.69, 9.17) is 14.7 Å². The number of aromatic amines is 1. The molecule has 0 bridgehead atoms. The van der Waals surface area contributed by atoms with E-state index in [1.807, 2.05) is 25.5 Å². The molecule has 1 aliphatic carbocycles. The first-order valence-corrected chi connectivity index (χ1v) is 14.6. The van der Waals surface area contributed by atoms with Crippen molar-refractivity contribution in [2.24, 2.45) is 0 Å². The second-order valence-electron chi connectivity index (χ2n) is 11.7. The first-order valence-electron chi connectivity index (χ1n) is 14.6. The highest BCUT2D eigenvalue weighted by Gasteiger charge is 2.45. The molecule has 3 fully saturated rings. The number of ether oxygens (including phenoxy) is 1. The van der Waals surface area contributed by atoms with E-state index < -0.39 is 0 Å². The fourth-order valence-electron chi connectivity index (χ4n) is 7.25. The van der Waals surface area contributed by atoms with Gasteiger partial charge in [-0.2, -0.15) is 0 Å². The number of piperidine rings is 1. The van der Waals surface area contributed by atoms with Crippen molar-refractivity contribution in [3.05, 3.63) is 30.1 Å². The third-order valence-electron chi connectivity index (χ3n) is 9.43. The van der Waals surface area contributed by atoms with Crippen LogP contribution in [0.3, 0.4) is 0 Å². The van der Waals surface area contributed by atoms with Crippen molar-refractivity contribution in [1.29, 1.82) is 0 Å². The minimum Gasteiger partial charge on any atom is -0.379 e. The van der Waals surface area contributed by atoms with Crippen LogP contribution in [0.4, 0.5) is 23.3 Å². The number of amides is 1. The Labute approximate surface area is 229 Å². The number of carbonyl (C=O) groups excluding carboxylic acids is 1. The van der Waals surface area contributed by atoms with Crippen LogP contribution in [0.15, 0.2) is 24.5 Å². The van der Waals surface area contributed by atoms with Crippen LogP contribution in [-0.4, -0.2) is 83.2 Å². The molecule has 3 aliphatic heterocycles. The van der Waals surface area contributed by atoms with Crippen LogP contribution in [0.2, 0.25) is 0 Å². The van der Waals surface area contributed by atoms with Gasteiger partial charge in [-0.05, 0) is 37.8 Å². The van der Waals surface area contributed by atoms with Crippen molar-refractivity contribution >= 4 is 40.2 Å². The predicted molar refractivity (Wildman–Crippen MR) is 152 cm³/mol. The summed E-state index contributed by atoms with van der Waals surface area (Å²) in [7, 11) is 1.86. The van der Waals surface area contributed by atoms with Gasteiger partial charge in [0.15, 0.2) is 0 Å². The molecule has 1 saturated carbocycles. The van der Waals surface area contributed by atoms with Crippen LogP contribution < -0.4 is 15.1 Å². The van der Waals surface area contributed by atoms with E-state index >= 15 is 0 Å². The summed E-state index contributed by atoms with van der Waals surface area (Å²) >= 11 is 0. The number of fused-ring (bicyclic) bond motifs is 4. The van der Waals surface area contributed by atoms with Crippen molar-refractivity contribution in [2.75, 3.05) is 61.6 Å². The smallest absolute Gasteiger partial charge is 0.229 e. The lowest BCUT2D eigenvalue weighted by Crippen LogP contribution is -2.49. The van der Waals surface area contributed by atoms with Crippen molar-refractivity contribution in [2.45, 2.75) is 62.8 Å². The molecule has 4 aliphatic rings. The molecule has 2 saturated heterocycles. The van der Waals surface area contributed by atoms with Crippen molar-refractivity contribution < 1.29 is 9.53 Å². The topological polar surface area (TPSA) is 103 Å². The molecular weight excluding hydrogens is 492 g/mol. The van der Waals surface area contributed by atoms with Gasteiger partial charge < -0.3 is 24.8 Å². The first kappa shape index (κ1) is 24.8. The zero-order valence-corrected chi connectivity index (χ0v) is 22.8. The molecule has 7 rings (SSSR count). The summed E-state index contributed by atoms with van der Waals surface area (Å²) in [5.74, 6) is 2.32. The Kier molecular flexibility index (Phi) is 6.39. The van der Waals surface area contributed by atoms with Crippen LogP contribution in [0.1, 0.15) is 56.9 Å². The minimum absolute atomic E-state index is 0.129. The Hall–Kier alpha value is -3.24. The summed E-state index contributed by atoms with van der Waals surface area (Å²) in [4.78, 5) is 37.3. The zero-order chi connectivity index (χ0) is 26.4. The van der Waals surface area contributed by atoms with Crippen molar-refractivity contribution in [1.82, 2.24) is 24.8 Å². The van der Waals surface area contributed by atoms with E-state index in [1.165, 1.54) is 24.8 Å². The molecule has 0 atom stereocenters. The maximum atomic E-state index is 12.9. The van der Waals surface area contributed by atoms with Gasteiger partial charge in [0.05, 0.1) is 42.3 Å². The number of pyridine rings is 1. The number of H-pyrrole nitrogens is 1. The summed E-state index contributed by atoms with van der Waals surface area (Å²) in [6.07, 6.45) is 12.3. The monoisotopic (exact) mass is 530 g/mol. The van der Waals surface area contributed by atoms with Gasteiger partial charge in [-0.3, -0.25) is 9.69 Å². The molecule has 39 heavy (non-hydrogen) atoms. The highest BCUT2D eigenvalue weighted by Crippen LogP contribution is 2.51. The molecule has 206 valence electrons. The third-order valence-corrected chi connectivity index (χ3v) is 9.43. The van der Waals surface area contributed by atoms with Crippen LogP contribution in [0.25, 0.3) is 11.0 Å². The SMILES string of the molecule is CN1C(=O)CC2(CCCCC2)c2c1[nH]c1cnc(Nc3ccc(N4CCC(N5CCOCC5)CC4)cn3)nc21. The molecule has 3 aromatic heterocycles. The number of nitrogens with zero attached hydrogens (tertiary/aromatic N) is 6. The highest BCUT2D eigenvalue weighted by molar-refractivity contribution is 6.02. The van der Waals surface area contributed by atoms with Gasteiger partial charge in [0.1, 0.15) is 11.6 Å². The number of hydrogen-bond acceptors (Lipinski definition) is 8. The van der Waals surface area contributed by atoms with Crippen LogP contribution in [-0.2, 0) is 14.9 Å². The fraction of sp³-hybridized carbons (Fsp3) is 0.586.